The number of hydrogen-bond donors (Lipinski definition) is 2. The summed E-state index contributed by atoms with van der Waals surface area (Å²) in [6, 6.07) is 14.5. The Morgan fingerprint density at radius 1 is 1.02 bits per heavy atom. The standard InChI is InChI=1S/C31H35ClN4O5/c1-39-31(38)22-6-11-26(27(18-22)34-19-25-13-15-40-25)35-29(37)17-21-4-9-24(10-5-21)41-30-12-14-33-28(36-30)16-20-2-7-23(32)8-3-20/h2-3,6-8,11-12,14,18,21,24-25,34H,4-5,9-10,13,15-17,19H2,1H3,(H,35,37)/t21?,24?,25-/m0/s1. The van der Waals surface area contributed by atoms with Gasteiger partial charge in [-0.1, -0.05) is 23.7 Å². The molecule has 0 spiro atoms. The molecule has 2 heterocycles. The summed E-state index contributed by atoms with van der Waals surface area (Å²) in [5.41, 5.74) is 2.81. The molecule has 2 aliphatic rings. The molecule has 0 radical (unpaired) electrons. The third-order valence-corrected chi connectivity index (χ3v) is 7.79. The van der Waals surface area contributed by atoms with Crippen LogP contribution in [-0.4, -0.2) is 54.3 Å². The first-order chi connectivity index (χ1) is 19.9. The highest BCUT2D eigenvalue weighted by Crippen LogP contribution is 2.31. The summed E-state index contributed by atoms with van der Waals surface area (Å²) in [6.07, 6.45) is 7.44. The van der Waals surface area contributed by atoms with Crippen molar-refractivity contribution in [2.45, 2.75) is 57.2 Å². The molecule has 3 aromatic rings. The molecule has 1 aliphatic heterocycles. The summed E-state index contributed by atoms with van der Waals surface area (Å²) in [7, 11) is 1.35. The lowest BCUT2D eigenvalue weighted by molar-refractivity contribution is -0.117. The van der Waals surface area contributed by atoms with E-state index in [4.69, 9.17) is 25.8 Å². The number of amides is 1. The van der Waals surface area contributed by atoms with Gasteiger partial charge in [-0.15, -0.1) is 0 Å². The first-order valence-electron chi connectivity index (χ1n) is 14.1. The number of aromatic nitrogens is 2. The molecule has 0 bridgehead atoms. The fourth-order valence-electron chi connectivity index (χ4n) is 5.12. The molecule has 5 rings (SSSR count). The van der Waals surface area contributed by atoms with Gasteiger partial charge in [-0.3, -0.25) is 4.79 Å². The van der Waals surface area contributed by atoms with Crippen LogP contribution in [-0.2, 0) is 20.7 Å². The van der Waals surface area contributed by atoms with Gasteiger partial charge in [0.05, 0.1) is 30.2 Å². The lowest BCUT2D eigenvalue weighted by atomic mass is 9.85. The number of halogens is 1. The molecular weight excluding hydrogens is 544 g/mol. The van der Waals surface area contributed by atoms with Crippen molar-refractivity contribution < 1.29 is 23.8 Å². The number of benzene rings is 2. The van der Waals surface area contributed by atoms with E-state index in [-0.39, 0.29) is 24.0 Å². The van der Waals surface area contributed by atoms with Gasteiger partial charge in [-0.05, 0) is 73.9 Å². The molecule has 1 saturated heterocycles. The third kappa shape index (κ3) is 8.17. The van der Waals surface area contributed by atoms with Crippen LogP contribution in [0.1, 0.15) is 60.3 Å². The number of methoxy groups -OCH3 is 1. The zero-order chi connectivity index (χ0) is 28.6. The van der Waals surface area contributed by atoms with Crippen molar-refractivity contribution in [3.63, 3.8) is 0 Å². The Morgan fingerprint density at radius 3 is 2.51 bits per heavy atom. The monoisotopic (exact) mass is 578 g/mol. The van der Waals surface area contributed by atoms with Crippen molar-refractivity contribution in [2.75, 3.05) is 30.9 Å². The Kier molecular flexibility index (Phi) is 9.69. The molecule has 2 fully saturated rings. The normalized spacial score (nSPS) is 20.0. The molecule has 1 amide bonds. The topological polar surface area (TPSA) is 112 Å². The summed E-state index contributed by atoms with van der Waals surface area (Å²) in [5, 5.41) is 7.04. The molecule has 1 saturated carbocycles. The van der Waals surface area contributed by atoms with Crippen LogP contribution in [0.5, 0.6) is 5.88 Å². The Labute approximate surface area is 245 Å². The molecule has 2 aromatic carbocycles. The van der Waals surface area contributed by atoms with Crippen LogP contribution >= 0.6 is 11.6 Å². The number of hydrogen-bond acceptors (Lipinski definition) is 8. The second-order valence-corrected chi connectivity index (χ2v) is 11.0. The molecule has 10 heteroatoms. The number of esters is 1. The van der Waals surface area contributed by atoms with Crippen LogP contribution in [0.2, 0.25) is 5.02 Å². The molecule has 1 aromatic heterocycles. The number of ether oxygens (including phenoxy) is 3. The van der Waals surface area contributed by atoms with Crippen molar-refractivity contribution in [2.24, 2.45) is 5.92 Å². The number of carbonyl (C=O) groups is 2. The van der Waals surface area contributed by atoms with Gasteiger partial charge < -0.3 is 24.8 Å². The average Bonchev–Trinajstić information content (AvgIpc) is 2.95. The van der Waals surface area contributed by atoms with Crippen molar-refractivity contribution in [3.8, 4) is 5.88 Å². The van der Waals surface area contributed by atoms with E-state index in [1.807, 2.05) is 24.3 Å². The minimum atomic E-state index is -0.426. The second-order valence-electron chi connectivity index (χ2n) is 10.5. The fraction of sp³-hybridized carbons (Fsp3) is 0.419. The minimum absolute atomic E-state index is 0.0502. The van der Waals surface area contributed by atoms with E-state index in [9.17, 15) is 9.59 Å². The van der Waals surface area contributed by atoms with E-state index in [1.54, 1.807) is 30.5 Å². The van der Waals surface area contributed by atoms with Crippen LogP contribution in [0.4, 0.5) is 11.4 Å². The predicted molar refractivity (Wildman–Crippen MR) is 157 cm³/mol. The number of nitrogens with one attached hydrogen (secondary N) is 2. The molecule has 41 heavy (non-hydrogen) atoms. The van der Waals surface area contributed by atoms with Gasteiger partial charge in [-0.2, -0.15) is 4.98 Å². The average molecular weight is 579 g/mol. The molecule has 216 valence electrons. The second kappa shape index (κ2) is 13.8. The van der Waals surface area contributed by atoms with Gasteiger partial charge in [-0.25, -0.2) is 9.78 Å². The van der Waals surface area contributed by atoms with Gasteiger partial charge in [0, 0.05) is 43.3 Å². The number of nitrogens with zero attached hydrogens (tertiary/aromatic N) is 2. The van der Waals surface area contributed by atoms with Crippen LogP contribution in [0.3, 0.4) is 0 Å². The maximum absolute atomic E-state index is 13.0. The fourth-order valence-corrected chi connectivity index (χ4v) is 5.24. The molecular formula is C31H35ClN4O5. The predicted octanol–water partition coefficient (Wildman–Crippen LogP) is 5.67. The Hall–Kier alpha value is -3.69. The smallest absolute Gasteiger partial charge is 0.337 e. The Morgan fingerprint density at radius 2 is 1.80 bits per heavy atom. The third-order valence-electron chi connectivity index (χ3n) is 7.54. The zero-order valence-corrected chi connectivity index (χ0v) is 23.9. The van der Waals surface area contributed by atoms with E-state index < -0.39 is 5.97 Å². The lowest BCUT2D eigenvalue weighted by Gasteiger charge is -2.29. The molecule has 9 nitrogen and oxygen atoms in total. The highest BCUT2D eigenvalue weighted by molar-refractivity contribution is 6.30. The Bertz CT molecular complexity index is 1340. The Balaban J connectivity index is 1.11. The van der Waals surface area contributed by atoms with Crippen molar-refractivity contribution in [3.05, 3.63) is 76.7 Å². The van der Waals surface area contributed by atoms with E-state index in [0.717, 1.165) is 44.3 Å². The minimum Gasteiger partial charge on any atom is -0.474 e. The number of anilines is 2. The summed E-state index contributed by atoms with van der Waals surface area (Å²) in [4.78, 5) is 34.0. The van der Waals surface area contributed by atoms with E-state index in [2.05, 4.69) is 20.6 Å². The van der Waals surface area contributed by atoms with Gasteiger partial charge in [0.2, 0.25) is 11.8 Å². The van der Waals surface area contributed by atoms with Crippen LogP contribution in [0, 0.1) is 5.92 Å². The first-order valence-corrected chi connectivity index (χ1v) is 14.4. The summed E-state index contributed by atoms with van der Waals surface area (Å²) >= 11 is 5.98. The molecule has 1 atom stereocenters. The van der Waals surface area contributed by atoms with Crippen LogP contribution in [0.15, 0.2) is 54.7 Å². The zero-order valence-electron chi connectivity index (χ0n) is 23.1. The van der Waals surface area contributed by atoms with E-state index in [1.165, 1.54) is 7.11 Å². The lowest BCUT2D eigenvalue weighted by Crippen LogP contribution is -2.33. The van der Waals surface area contributed by atoms with E-state index in [0.29, 0.717) is 53.1 Å². The van der Waals surface area contributed by atoms with Gasteiger partial charge in [0.25, 0.3) is 0 Å². The molecule has 1 aliphatic carbocycles. The number of carbonyl (C=O) groups excluding carboxylic acids is 2. The van der Waals surface area contributed by atoms with Crippen molar-refractivity contribution >= 4 is 34.9 Å². The van der Waals surface area contributed by atoms with Crippen molar-refractivity contribution in [1.29, 1.82) is 0 Å². The van der Waals surface area contributed by atoms with Gasteiger partial charge >= 0.3 is 5.97 Å². The maximum Gasteiger partial charge on any atom is 0.337 e. The molecule has 0 unspecified atom stereocenters. The molecule has 2 N–H and O–H groups in total. The maximum atomic E-state index is 13.0. The van der Waals surface area contributed by atoms with Crippen molar-refractivity contribution in [1.82, 2.24) is 9.97 Å². The van der Waals surface area contributed by atoms with Gasteiger partial charge in [0.1, 0.15) is 11.9 Å². The number of rotatable bonds is 11. The van der Waals surface area contributed by atoms with Gasteiger partial charge in [0.15, 0.2) is 0 Å². The van der Waals surface area contributed by atoms with Crippen LogP contribution < -0.4 is 15.4 Å². The summed E-state index contributed by atoms with van der Waals surface area (Å²) in [6.45, 7) is 1.36. The summed E-state index contributed by atoms with van der Waals surface area (Å²) in [5.74, 6) is 1.07. The van der Waals surface area contributed by atoms with Crippen LogP contribution in [0.25, 0.3) is 0 Å². The highest BCUT2D eigenvalue weighted by Gasteiger charge is 2.25. The highest BCUT2D eigenvalue weighted by atomic mass is 35.5. The SMILES string of the molecule is COC(=O)c1ccc(NC(=O)CC2CCC(Oc3ccnc(Cc4ccc(Cl)cc4)n3)CC2)c(NC[C@@H]2CCO2)c1. The first kappa shape index (κ1) is 28.8. The van der Waals surface area contributed by atoms with E-state index >= 15 is 0 Å². The quantitative estimate of drug-likeness (QED) is 0.280. The summed E-state index contributed by atoms with van der Waals surface area (Å²) < 4.78 is 16.5. The largest absolute Gasteiger partial charge is 0.474 e.